The summed E-state index contributed by atoms with van der Waals surface area (Å²) >= 11 is 1.11. The Labute approximate surface area is 187 Å². The molecule has 0 unspecified atom stereocenters. The van der Waals surface area contributed by atoms with Gasteiger partial charge in [-0.3, -0.25) is 4.79 Å². The Hall–Kier alpha value is -2.53. The second-order valence-electron chi connectivity index (χ2n) is 7.62. The van der Waals surface area contributed by atoms with Gasteiger partial charge in [0.05, 0.1) is 40.4 Å². The quantitative estimate of drug-likeness (QED) is 0.543. The van der Waals surface area contributed by atoms with Crippen LogP contribution >= 0.6 is 11.8 Å². The number of hydrogen-bond acceptors (Lipinski definition) is 5. The summed E-state index contributed by atoms with van der Waals surface area (Å²) in [6.45, 7) is 0.382. The van der Waals surface area contributed by atoms with E-state index < -0.39 is 27.6 Å². The molecule has 2 heterocycles. The van der Waals surface area contributed by atoms with E-state index in [0.29, 0.717) is 23.6 Å². The van der Waals surface area contributed by atoms with Gasteiger partial charge in [0, 0.05) is 6.04 Å². The van der Waals surface area contributed by atoms with Crippen LogP contribution in [0.5, 0.6) is 0 Å². The molecule has 1 aromatic heterocycles. The molecule has 1 atom stereocenters. The van der Waals surface area contributed by atoms with Crippen molar-refractivity contribution in [1.82, 2.24) is 14.9 Å². The third kappa shape index (κ3) is 5.26. The fraction of sp³-hybridized carbons (Fsp3) is 0.333. The van der Waals surface area contributed by atoms with Gasteiger partial charge in [-0.05, 0) is 30.2 Å². The molecule has 0 bridgehead atoms. The minimum Gasteiger partial charge on any atom is -0.352 e. The highest BCUT2D eigenvalue weighted by Gasteiger charge is 2.31. The van der Waals surface area contributed by atoms with Crippen LogP contribution in [0.3, 0.4) is 0 Å². The number of carbonyl (C=O) groups is 1. The summed E-state index contributed by atoms with van der Waals surface area (Å²) in [5, 5.41) is 3.13. The van der Waals surface area contributed by atoms with E-state index in [0.717, 1.165) is 29.5 Å². The average Bonchev–Trinajstić information content (AvgIpc) is 3.25. The van der Waals surface area contributed by atoms with Gasteiger partial charge in [-0.2, -0.15) is 13.2 Å². The molecule has 3 aromatic rings. The number of benzene rings is 2. The molecular weight excluding hydrogens is 463 g/mol. The average molecular weight is 484 g/mol. The molecule has 1 aliphatic rings. The Morgan fingerprint density at radius 3 is 2.59 bits per heavy atom. The first-order chi connectivity index (χ1) is 15.1. The maximum Gasteiger partial charge on any atom is 0.416 e. The molecule has 1 saturated heterocycles. The third-order valence-corrected chi connectivity index (χ3v) is 7.90. The molecule has 4 rings (SSSR count). The highest BCUT2D eigenvalue weighted by atomic mass is 32.2. The van der Waals surface area contributed by atoms with Gasteiger partial charge in [0.15, 0.2) is 15.0 Å². The van der Waals surface area contributed by atoms with Gasteiger partial charge < -0.3 is 9.88 Å². The fourth-order valence-electron chi connectivity index (χ4n) is 3.62. The monoisotopic (exact) mass is 483 g/mol. The van der Waals surface area contributed by atoms with Crippen molar-refractivity contribution in [2.45, 2.75) is 30.3 Å². The SMILES string of the molecule is O=C(CSc1nc2cc(C(F)(F)F)ccc2n1Cc1ccccc1)N[C@@H]1CCS(=O)(=O)C1. The van der Waals surface area contributed by atoms with E-state index in [1.807, 2.05) is 30.3 Å². The lowest BCUT2D eigenvalue weighted by Gasteiger charge is -2.12. The van der Waals surface area contributed by atoms with E-state index in [2.05, 4.69) is 10.3 Å². The van der Waals surface area contributed by atoms with Crippen LogP contribution in [0.4, 0.5) is 13.2 Å². The van der Waals surface area contributed by atoms with E-state index in [4.69, 9.17) is 0 Å². The predicted octanol–water partition coefficient (Wildman–Crippen LogP) is 3.50. The lowest BCUT2D eigenvalue weighted by molar-refractivity contribution is -0.137. The Bertz CT molecular complexity index is 1240. The van der Waals surface area contributed by atoms with Crippen LogP contribution in [-0.4, -0.2) is 47.2 Å². The highest BCUT2D eigenvalue weighted by molar-refractivity contribution is 7.99. The smallest absolute Gasteiger partial charge is 0.352 e. The van der Waals surface area contributed by atoms with Crippen LogP contribution in [0, 0.1) is 0 Å². The second-order valence-corrected chi connectivity index (χ2v) is 10.8. The van der Waals surface area contributed by atoms with Gasteiger partial charge in [-0.25, -0.2) is 13.4 Å². The Balaban J connectivity index is 1.57. The predicted molar refractivity (Wildman–Crippen MR) is 116 cm³/mol. The topological polar surface area (TPSA) is 81.1 Å². The summed E-state index contributed by atoms with van der Waals surface area (Å²) in [7, 11) is -3.11. The van der Waals surface area contributed by atoms with Gasteiger partial charge in [-0.1, -0.05) is 42.1 Å². The normalized spacial score (nSPS) is 18.2. The number of amides is 1. The molecule has 0 radical (unpaired) electrons. The highest BCUT2D eigenvalue weighted by Crippen LogP contribution is 2.33. The third-order valence-electron chi connectivity index (χ3n) is 5.15. The van der Waals surface area contributed by atoms with Gasteiger partial charge >= 0.3 is 6.18 Å². The molecule has 0 aliphatic carbocycles. The molecule has 1 N–H and O–H groups in total. The van der Waals surface area contributed by atoms with Crippen LogP contribution in [0.1, 0.15) is 17.5 Å². The van der Waals surface area contributed by atoms with E-state index >= 15 is 0 Å². The van der Waals surface area contributed by atoms with Gasteiger partial charge in [0.2, 0.25) is 5.91 Å². The first-order valence-electron chi connectivity index (χ1n) is 9.85. The maximum absolute atomic E-state index is 13.1. The van der Waals surface area contributed by atoms with Crippen LogP contribution < -0.4 is 5.32 Å². The largest absolute Gasteiger partial charge is 0.416 e. The van der Waals surface area contributed by atoms with Crippen molar-refractivity contribution in [2.24, 2.45) is 0 Å². The molecule has 2 aromatic carbocycles. The second kappa shape index (κ2) is 8.78. The molecule has 1 aliphatic heterocycles. The summed E-state index contributed by atoms with van der Waals surface area (Å²) < 4.78 is 64.3. The zero-order valence-corrected chi connectivity index (χ0v) is 18.4. The number of aromatic nitrogens is 2. The van der Waals surface area contributed by atoms with E-state index in [9.17, 15) is 26.4 Å². The standard InChI is InChI=1S/C21H20F3N3O3S2/c22-21(23,24)15-6-7-18-17(10-15)26-20(27(18)11-14-4-2-1-3-5-14)31-12-19(28)25-16-8-9-32(29,30)13-16/h1-7,10,16H,8-9,11-13H2,(H,25,28)/t16-/m1/s1. The zero-order valence-electron chi connectivity index (χ0n) is 16.8. The van der Waals surface area contributed by atoms with E-state index in [-0.39, 0.29) is 28.7 Å². The lowest BCUT2D eigenvalue weighted by atomic mass is 10.2. The summed E-state index contributed by atoms with van der Waals surface area (Å²) in [5.74, 6) is -0.387. The summed E-state index contributed by atoms with van der Waals surface area (Å²) in [6, 6.07) is 12.4. The molecular formula is C21H20F3N3O3S2. The van der Waals surface area contributed by atoms with E-state index in [1.165, 1.54) is 6.07 Å². The summed E-state index contributed by atoms with van der Waals surface area (Å²) in [5.41, 5.74) is 0.882. The van der Waals surface area contributed by atoms with Gasteiger partial charge in [-0.15, -0.1) is 0 Å². The number of thioether (sulfide) groups is 1. The van der Waals surface area contributed by atoms with Crippen LogP contribution in [0.25, 0.3) is 11.0 Å². The molecule has 170 valence electrons. The number of halogens is 3. The molecule has 6 nitrogen and oxygen atoms in total. The number of nitrogens with zero attached hydrogens (tertiary/aromatic N) is 2. The first-order valence-corrected chi connectivity index (χ1v) is 12.7. The Morgan fingerprint density at radius 2 is 1.94 bits per heavy atom. The van der Waals surface area contributed by atoms with Crippen LogP contribution in [0.15, 0.2) is 53.7 Å². The Morgan fingerprint density at radius 1 is 1.19 bits per heavy atom. The van der Waals surface area contributed by atoms with Gasteiger partial charge in [0.1, 0.15) is 0 Å². The number of sulfone groups is 1. The zero-order chi connectivity index (χ0) is 22.9. The molecule has 0 saturated carbocycles. The van der Waals surface area contributed by atoms with Crippen molar-refractivity contribution in [2.75, 3.05) is 17.3 Å². The minimum atomic E-state index is -4.48. The fourth-order valence-corrected chi connectivity index (χ4v) is 6.12. The minimum absolute atomic E-state index is 0.0270. The summed E-state index contributed by atoms with van der Waals surface area (Å²) in [6.07, 6.45) is -4.10. The maximum atomic E-state index is 13.1. The number of fused-ring (bicyclic) bond motifs is 1. The van der Waals surface area contributed by atoms with Crippen LogP contribution in [-0.2, 0) is 27.4 Å². The molecule has 1 amide bonds. The number of rotatable bonds is 6. The van der Waals surface area contributed by atoms with Crippen molar-refractivity contribution >= 4 is 38.5 Å². The molecule has 32 heavy (non-hydrogen) atoms. The van der Waals surface area contributed by atoms with Crippen molar-refractivity contribution in [3.63, 3.8) is 0 Å². The van der Waals surface area contributed by atoms with Gasteiger partial charge in [0.25, 0.3) is 0 Å². The van der Waals surface area contributed by atoms with Crippen molar-refractivity contribution in [3.8, 4) is 0 Å². The van der Waals surface area contributed by atoms with Crippen molar-refractivity contribution < 1.29 is 26.4 Å². The number of imidazole rings is 1. The lowest BCUT2D eigenvalue weighted by Crippen LogP contribution is -2.36. The van der Waals surface area contributed by atoms with Crippen LogP contribution in [0.2, 0.25) is 0 Å². The number of nitrogens with one attached hydrogen (secondary N) is 1. The van der Waals surface area contributed by atoms with E-state index in [1.54, 1.807) is 4.57 Å². The Kier molecular flexibility index (Phi) is 6.22. The number of alkyl halides is 3. The molecule has 11 heteroatoms. The van der Waals surface area contributed by atoms with Crippen molar-refractivity contribution in [1.29, 1.82) is 0 Å². The van der Waals surface area contributed by atoms with Crippen molar-refractivity contribution in [3.05, 3.63) is 59.7 Å². The first kappa shape index (κ1) is 22.7. The summed E-state index contributed by atoms with van der Waals surface area (Å²) in [4.78, 5) is 16.7. The molecule has 0 spiro atoms. The number of hydrogen-bond donors (Lipinski definition) is 1. The molecule has 1 fully saturated rings. The number of carbonyl (C=O) groups excluding carboxylic acids is 1.